The van der Waals surface area contributed by atoms with Gasteiger partial charge in [-0.05, 0) is 17.7 Å². The Balaban J connectivity index is 2.23. The number of pyridine rings is 2. The number of hydrogen-bond donors (Lipinski definition) is 1. The van der Waals surface area contributed by atoms with Crippen LogP contribution < -0.4 is 5.73 Å². The number of nitrogens with zero attached hydrogens (tertiary/aromatic N) is 2. The van der Waals surface area contributed by atoms with Crippen molar-refractivity contribution in [1.82, 2.24) is 9.97 Å². The minimum absolute atomic E-state index is 0.464. The van der Waals surface area contributed by atoms with Gasteiger partial charge in [0.05, 0.1) is 12.1 Å². The molecule has 0 bridgehead atoms. The fourth-order valence-electron chi connectivity index (χ4n) is 2.24. The summed E-state index contributed by atoms with van der Waals surface area (Å²) in [5.41, 5.74) is 8.63. The molecular weight excluding hydrogens is 250 g/mol. The van der Waals surface area contributed by atoms with Crippen LogP contribution in [0.15, 0.2) is 42.6 Å². The highest BCUT2D eigenvalue weighted by molar-refractivity contribution is 6.08. The number of aromatic nitrogens is 2. The first-order chi connectivity index (χ1) is 9.79. The number of methoxy groups -OCH3 is 1. The summed E-state index contributed by atoms with van der Waals surface area (Å²) in [6.45, 7) is 0.581. The van der Waals surface area contributed by atoms with Crippen LogP contribution in [0, 0.1) is 0 Å². The zero-order chi connectivity index (χ0) is 13.9. The number of para-hydroxylation sites is 1. The molecule has 2 aromatic heterocycles. The summed E-state index contributed by atoms with van der Waals surface area (Å²) in [6, 6.07) is 10.0. The maximum absolute atomic E-state index is 5.98. The van der Waals surface area contributed by atoms with Gasteiger partial charge in [0.2, 0.25) is 0 Å². The molecule has 4 nitrogen and oxygen atoms in total. The third-order valence-electron chi connectivity index (χ3n) is 3.16. The minimum atomic E-state index is 0.464. The summed E-state index contributed by atoms with van der Waals surface area (Å²) in [5, 5.41) is 2.08. The molecule has 0 aliphatic heterocycles. The number of fused-ring (bicyclic) bond motifs is 3. The van der Waals surface area contributed by atoms with Crippen LogP contribution in [0.5, 0.6) is 0 Å². The topological polar surface area (TPSA) is 61.0 Å². The van der Waals surface area contributed by atoms with E-state index < -0.39 is 0 Å². The summed E-state index contributed by atoms with van der Waals surface area (Å²) in [5.74, 6) is 0.464. The van der Waals surface area contributed by atoms with Gasteiger partial charge in [0.15, 0.2) is 5.82 Å². The van der Waals surface area contributed by atoms with E-state index in [0.29, 0.717) is 12.4 Å². The summed E-state index contributed by atoms with van der Waals surface area (Å²) < 4.78 is 5.00. The van der Waals surface area contributed by atoms with Gasteiger partial charge in [0.25, 0.3) is 0 Å². The molecule has 3 aromatic rings. The minimum Gasteiger partial charge on any atom is -0.382 e. The number of rotatable bonds is 3. The lowest BCUT2D eigenvalue weighted by atomic mass is 10.1. The molecule has 20 heavy (non-hydrogen) atoms. The van der Waals surface area contributed by atoms with Crippen molar-refractivity contribution in [2.24, 2.45) is 0 Å². The van der Waals surface area contributed by atoms with Crippen molar-refractivity contribution < 1.29 is 4.74 Å². The fourth-order valence-corrected chi connectivity index (χ4v) is 2.24. The quantitative estimate of drug-likeness (QED) is 0.739. The van der Waals surface area contributed by atoms with Crippen LogP contribution in [0.1, 0.15) is 5.56 Å². The molecule has 0 radical (unpaired) electrons. The molecule has 3 rings (SSSR count). The molecule has 100 valence electrons. The molecule has 0 aliphatic rings. The molecular formula is C16H15N3O. The lowest BCUT2D eigenvalue weighted by Crippen LogP contribution is -1.95. The molecule has 0 aliphatic carbocycles. The van der Waals surface area contributed by atoms with Crippen LogP contribution >= 0.6 is 0 Å². The predicted molar refractivity (Wildman–Crippen MR) is 82.4 cm³/mol. The fraction of sp³-hybridized carbons (Fsp3) is 0.125. The van der Waals surface area contributed by atoms with Crippen molar-refractivity contribution >= 4 is 33.7 Å². The van der Waals surface area contributed by atoms with Crippen LogP contribution in [0.3, 0.4) is 0 Å². The van der Waals surface area contributed by atoms with E-state index in [1.54, 1.807) is 13.3 Å². The molecule has 1 aromatic carbocycles. The lowest BCUT2D eigenvalue weighted by molar-refractivity contribution is 0.234. The molecule has 4 heteroatoms. The number of nitrogen functional groups attached to an aromatic ring is 1. The zero-order valence-corrected chi connectivity index (χ0v) is 11.2. The smallest absolute Gasteiger partial charge is 0.150 e. The average Bonchev–Trinajstić information content (AvgIpc) is 2.48. The largest absolute Gasteiger partial charge is 0.382 e. The van der Waals surface area contributed by atoms with E-state index in [2.05, 4.69) is 16.0 Å². The second-order valence-corrected chi connectivity index (χ2v) is 4.54. The monoisotopic (exact) mass is 265 g/mol. The third-order valence-corrected chi connectivity index (χ3v) is 3.16. The van der Waals surface area contributed by atoms with E-state index in [1.807, 2.05) is 36.4 Å². The summed E-state index contributed by atoms with van der Waals surface area (Å²) in [7, 11) is 1.67. The highest BCUT2D eigenvalue weighted by atomic mass is 16.5. The zero-order valence-electron chi connectivity index (χ0n) is 11.2. The Labute approximate surface area is 116 Å². The molecule has 0 spiro atoms. The summed E-state index contributed by atoms with van der Waals surface area (Å²) in [6.07, 6.45) is 5.73. The molecule has 0 unspecified atom stereocenters. The van der Waals surface area contributed by atoms with E-state index in [1.165, 1.54) is 0 Å². The van der Waals surface area contributed by atoms with Crippen molar-refractivity contribution in [2.75, 3.05) is 19.5 Å². The summed E-state index contributed by atoms with van der Waals surface area (Å²) >= 11 is 0. The van der Waals surface area contributed by atoms with Crippen molar-refractivity contribution in [3.8, 4) is 0 Å². The molecule has 0 saturated carbocycles. The van der Waals surface area contributed by atoms with Gasteiger partial charge in [-0.25, -0.2) is 4.98 Å². The van der Waals surface area contributed by atoms with Crippen molar-refractivity contribution in [1.29, 1.82) is 0 Å². The highest BCUT2D eigenvalue weighted by Gasteiger charge is 2.07. The Bertz CT molecular complexity index is 796. The number of hydrogen-bond acceptors (Lipinski definition) is 4. The second kappa shape index (κ2) is 5.27. The van der Waals surface area contributed by atoms with Crippen LogP contribution in [0.4, 0.5) is 5.82 Å². The average molecular weight is 265 g/mol. The van der Waals surface area contributed by atoms with Gasteiger partial charge in [-0.3, -0.25) is 4.98 Å². The Morgan fingerprint density at radius 3 is 2.95 bits per heavy atom. The van der Waals surface area contributed by atoms with E-state index in [9.17, 15) is 0 Å². The van der Waals surface area contributed by atoms with Crippen molar-refractivity contribution in [3.05, 3.63) is 48.2 Å². The Morgan fingerprint density at radius 2 is 2.10 bits per heavy atom. The Kier molecular flexibility index (Phi) is 3.31. The first-order valence-corrected chi connectivity index (χ1v) is 6.39. The highest BCUT2D eigenvalue weighted by Crippen LogP contribution is 2.27. The number of anilines is 1. The maximum atomic E-state index is 5.98. The first kappa shape index (κ1) is 12.6. The van der Waals surface area contributed by atoms with Gasteiger partial charge in [0, 0.05) is 24.1 Å². The molecule has 0 atom stereocenters. The van der Waals surface area contributed by atoms with Gasteiger partial charge in [0.1, 0.15) is 5.52 Å². The third kappa shape index (κ3) is 2.21. The Hall–Kier alpha value is -2.46. The van der Waals surface area contributed by atoms with Gasteiger partial charge in [-0.15, -0.1) is 0 Å². The van der Waals surface area contributed by atoms with Crippen molar-refractivity contribution in [2.45, 2.75) is 0 Å². The first-order valence-electron chi connectivity index (χ1n) is 6.39. The number of benzene rings is 1. The van der Waals surface area contributed by atoms with Gasteiger partial charge < -0.3 is 10.5 Å². The lowest BCUT2D eigenvalue weighted by Gasteiger charge is -2.06. The van der Waals surface area contributed by atoms with Crippen molar-refractivity contribution in [3.63, 3.8) is 0 Å². The molecule has 0 amide bonds. The Morgan fingerprint density at radius 1 is 1.25 bits per heavy atom. The van der Waals surface area contributed by atoms with Gasteiger partial charge in [-0.1, -0.05) is 30.4 Å². The van der Waals surface area contributed by atoms with Gasteiger partial charge >= 0.3 is 0 Å². The molecule has 0 saturated heterocycles. The van der Waals surface area contributed by atoms with E-state index in [4.69, 9.17) is 10.5 Å². The molecule has 2 heterocycles. The predicted octanol–water partition coefficient (Wildman–Crippen LogP) is 3.02. The van der Waals surface area contributed by atoms with E-state index in [-0.39, 0.29) is 0 Å². The SMILES string of the molecule is COC/C=C/c1cnc2c(N)nc3ccccc3c2c1. The van der Waals surface area contributed by atoms with Crippen LogP contribution in [-0.2, 0) is 4.74 Å². The standard InChI is InChI=1S/C16H15N3O/c1-20-8-4-5-11-9-13-12-6-2-3-7-14(12)19-16(17)15(13)18-10-11/h2-7,9-10H,8H2,1H3,(H2,17,19)/b5-4+. The normalized spacial score (nSPS) is 11.7. The van der Waals surface area contributed by atoms with E-state index >= 15 is 0 Å². The second-order valence-electron chi connectivity index (χ2n) is 4.54. The maximum Gasteiger partial charge on any atom is 0.150 e. The number of nitrogens with two attached hydrogens (primary N) is 1. The summed E-state index contributed by atoms with van der Waals surface area (Å²) in [4.78, 5) is 8.82. The molecule has 0 fully saturated rings. The van der Waals surface area contributed by atoms with Crippen LogP contribution in [0.25, 0.3) is 27.9 Å². The van der Waals surface area contributed by atoms with Gasteiger partial charge in [-0.2, -0.15) is 0 Å². The van der Waals surface area contributed by atoms with Crippen LogP contribution in [-0.4, -0.2) is 23.7 Å². The van der Waals surface area contributed by atoms with Crippen LogP contribution in [0.2, 0.25) is 0 Å². The molecule has 2 N–H and O–H groups in total. The van der Waals surface area contributed by atoms with E-state index in [0.717, 1.165) is 27.4 Å². The number of ether oxygens (including phenoxy) is 1.